The van der Waals surface area contributed by atoms with Gasteiger partial charge in [-0.15, -0.1) is 0 Å². The predicted molar refractivity (Wildman–Crippen MR) is 83.4 cm³/mol. The number of rotatable bonds is 5. The van der Waals surface area contributed by atoms with E-state index in [1.165, 1.54) is 6.07 Å². The fourth-order valence-corrected chi connectivity index (χ4v) is 4.49. The molecule has 21 heavy (non-hydrogen) atoms. The Morgan fingerprint density at radius 2 is 1.95 bits per heavy atom. The zero-order valence-electron chi connectivity index (χ0n) is 12.6. The summed E-state index contributed by atoms with van der Waals surface area (Å²) in [6.07, 6.45) is 2.98. The number of hydrogen-bond acceptors (Lipinski definition) is 4. The van der Waals surface area contributed by atoms with Crippen molar-refractivity contribution in [2.45, 2.75) is 38.0 Å². The molecule has 4 N–H and O–H groups in total. The van der Waals surface area contributed by atoms with Gasteiger partial charge in [0.2, 0.25) is 10.0 Å². The summed E-state index contributed by atoms with van der Waals surface area (Å²) >= 11 is 0. The molecular weight excluding hydrogens is 288 g/mol. The van der Waals surface area contributed by atoms with E-state index < -0.39 is 10.0 Å². The van der Waals surface area contributed by atoms with E-state index >= 15 is 0 Å². The highest BCUT2D eigenvalue weighted by atomic mass is 32.2. The van der Waals surface area contributed by atoms with Crippen molar-refractivity contribution in [2.24, 2.45) is 11.8 Å². The van der Waals surface area contributed by atoms with Crippen LogP contribution in [-0.2, 0) is 10.0 Å². The molecule has 0 radical (unpaired) electrons. The van der Waals surface area contributed by atoms with Crippen LogP contribution < -0.4 is 10.5 Å². The third-order valence-electron chi connectivity index (χ3n) is 4.52. The Morgan fingerprint density at radius 3 is 2.62 bits per heavy atom. The third-order valence-corrected chi connectivity index (χ3v) is 6.07. The maximum atomic E-state index is 12.5. The van der Waals surface area contributed by atoms with Crippen LogP contribution in [0.3, 0.4) is 0 Å². The smallest absolute Gasteiger partial charge is 0.240 e. The molecule has 1 saturated carbocycles. The quantitative estimate of drug-likeness (QED) is 0.720. The second-order valence-corrected chi connectivity index (χ2v) is 7.68. The Bertz CT molecular complexity index is 614. The number of aliphatic hydroxyl groups excluding tert-OH is 1. The molecule has 0 aliphatic heterocycles. The molecule has 0 spiro atoms. The summed E-state index contributed by atoms with van der Waals surface area (Å²) in [4.78, 5) is 0.249. The molecule has 1 aromatic rings. The number of aliphatic hydroxyl groups is 1. The Labute approximate surface area is 126 Å². The van der Waals surface area contributed by atoms with Crippen molar-refractivity contribution in [3.63, 3.8) is 0 Å². The lowest BCUT2D eigenvalue weighted by molar-refractivity contribution is 0.195. The minimum Gasteiger partial charge on any atom is -0.399 e. The number of benzene rings is 1. The Kier molecular flexibility index (Phi) is 4.91. The van der Waals surface area contributed by atoms with E-state index in [-0.39, 0.29) is 23.3 Å². The maximum absolute atomic E-state index is 12.5. The number of anilines is 1. The van der Waals surface area contributed by atoms with Crippen LogP contribution in [0.25, 0.3) is 0 Å². The number of nitrogen functional groups attached to an aromatic ring is 1. The van der Waals surface area contributed by atoms with Gasteiger partial charge in [0.15, 0.2) is 0 Å². The van der Waals surface area contributed by atoms with E-state index in [2.05, 4.69) is 4.72 Å². The first-order chi connectivity index (χ1) is 9.85. The van der Waals surface area contributed by atoms with Crippen molar-refractivity contribution in [3.05, 3.63) is 23.3 Å². The Balaban J connectivity index is 2.16. The molecule has 5 nitrogen and oxygen atoms in total. The summed E-state index contributed by atoms with van der Waals surface area (Å²) in [6, 6.07) is 3.27. The first-order valence-corrected chi connectivity index (χ1v) is 8.80. The maximum Gasteiger partial charge on any atom is 0.240 e. The highest BCUT2D eigenvalue weighted by Gasteiger charge is 2.28. The van der Waals surface area contributed by atoms with E-state index in [4.69, 9.17) is 5.73 Å². The molecule has 1 aliphatic rings. The fourth-order valence-electron chi connectivity index (χ4n) is 3.05. The lowest BCUT2D eigenvalue weighted by Gasteiger charge is -2.19. The van der Waals surface area contributed by atoms with Crippen molar-refractivity contribution < 1.29 is 13.5 Å². The molecule has 0 bridgehead atoms. The average Bonchev–Trinajstić information content (AvgIpc) is 2.88. The summed E-state index contributed by atoms with van der Waals surface area (Å²) in [5.74, 6) is 0.420. The zero-order valence-corrected chi connectivity index (χ0v) is 13.4. The molecule has 118 valence electrons. The van der Waals surface area contributed by atoms with Crippen LogP contribution >= 0.6 is 0 Å². The van der Waals surface area contributed by atoms with Crippen molar-refractivity contribution in [3.8, 4) is 0 Å². The third kappa shape index (κ3) is 3.56. The summed E-state index contributed by atoms with van der Waals surface area (Å²) in [5, 5.41) is 9.31. The number of sulfonamides is 1. The number of nitrogens with two attached hydrogens (primary N) is 1. The van der Waals surface area contributed by atoms with Gasteiger partial charge in [0.1, 0.15) is 0 Å². The standard InChI is InChI=1S/C15H24N2O3S/c1-10-6-14(16)7-15(11(10)2)21(19,20)17-8-12-4-3-5-13(12)9-18/h6-7,12-13,17-18H,3-5,8-9,16H2,1-2H3. The molecule has 1 fully saturated rings. The number of aryl methyl sites for hydroxylation is 1. The topological polar surface area (TPSA) is 92.4 Å². The molecule has 0 saturated heterocycles. The summed E-state index contributed by atoms with van der Waals surface area (Å²) in [6.45, 7) is 4.14. The molecule has 2 unspecified atom stereocenters. The molecule has 0 aromatic heterocycles. The van der Waals surface area contributed by atoms with Gasteiger partial charge in [0, 0.05) is 18.8 Å². The molecule has 1 aromatic carbocycles. The fraction of sp³-hybridized carbons (Fsp3) is 0.600. The van der Waals surface area contributed by atoms with Gasteiger partial charge < -0.3 is 10.8 Å². The predicted octanol–water partition coefficient (Wildman–Crippen LogP) is 1.57. The first kappa shape index (κ1) is 16.3. The van der Waals surface area contributed by atoms with Crippen LogP contribution in [0.4, 0.5) is 5.69 Å². The summed E-state index contributed by atoms with van der Waals surface area (Å²) < 4.78 is 27.6. The molecule has 0 amide bonds. The molecule has 6 heteroatoms. The van der Waals surface area contributed by atoms with Crippen LogP contribution in [0.15, 0.2) is 17.0 Å². The van der Waals surface area contributed by atoms with Crippen molar-refractivity contribution in [1.82, 2.24) is 4.72 Å². The SMILES string of the molecule is Cc1cc(N)cc(S(=O)(=O)NCC2CCCC2CO)c1C. The summed E-state index contributed by atoms with van der Waals surface area (Å²) in [5.41, 5.74) is 7.80. The van der Waals surface area contributed by atoms with Gasteiger partial charge in [-0.3, -0.25) is 0 Å². The normalized spacial score (nSPS) is 22.6. The van der Waals surface area contributed by atoms with E-state index in [1.807, 2.05) is 6.92 Å². The van der Waals surface area contributed by atoms with E-state index in [0.29, 0.717) is 12.2 Å². The van der Waals surface area contributed by atoms with E-state index in [9.17, 15) is 13.5 Å². The van der Waals surface area contributed by atoms with Crippen LogP contribution in [0, 0.1) is 25.7 Å². The largest absolute Gasteiger partial charge is 0.399 e. The second-order valence-electron chi connectivity index (χ2n) is 5.95. The van der Waals surface area contributed by atoms with Gasteiger partial charge in [0.05, 0.1) is 4.90 Å². The Hall–Kier alpha value is -1.11. The average molecular weight is 312 g/mol. The minimum absolute atomic E-state index is 0.128. The summed E-state index contributed by atoms with van der Waals surface area (Å²) in [7, 11) is -3.57. The molecule has 0 heterocycles. The zero-order chi connectivity index (χ0) is 15.6. The van der Waals surface area contributed by atoms with Crippen molar-refractivity contribution >= 4 is 15.7 Å². The van der Waals surface area contributed by atoms with E-state index in [1.54, 1.807) is 13.0 Å². The highest BCUT2D eigenvalue weighted by Crippen LogP contribution is 2.31. The lowest BCUT2D eigenvalue weighted by atomic mass is 9.97. The highest BCUT2D eigenvalue weighted by molar-refractivity contribution is 7.89. The number of hydrogen-bond donors (Lipinski definition) is 3. The van der Waals surface area contributed by atoms with Crippen LogP contribution in [0.2, 0.25) is 0 Å². The van der Waals surface area contributed by atoms with Crippen molar-refractivity contribution in [1.29, 1.82) is 0 Å². The number of nitrogens with one attached hydrogen (secondary N) is 1. The second kappa shape index (κ2) is 6.34. The van der Waals surface area contributed by atoms with Gasteiger partial charge in [0.25, 0.3) is 0 Å². The molecular formula is C15H24N2O3S. The molecule has 2 atom stereocenters. The monoisotopic (exact) mass is 312 g/mol. The van der Waals surface area contributed by atoms with Crippen LogP contribution in [-0.4, -0.2) is 26.7 Å². The molecule has 2 rings (SSSR count). The van der Waals surface area contributed by atoms with Crippen LogP contribution in [0.5, 0.6) is 0 Å². The van der Waals surface area contributed by atoms with Crippen molar-refractivity contribution in [2.75, 3.05) is 18.9 Å². The lowest BCUT2D eigenvalue weighted by Crippen LogP contribution is -2.32. The minimum atomic E-state index is -3.57. The van der Waals surface area contributed by atoms with Crippen LogP contribution in [0.1, 0.15) is 30.4 Å². The van der Waals surface area contributed by atoms with Gasteiger partial charge in [-0.1, -0.05) is 6.42 Å². The Morgan fingerprint density at radius 1 is 1.29 bits per heavy atom. The molecule has 1 aliphatic carbocycles. The van der Waals surface area contributed by atoms with Gasteiger partial charge in [-0.2, -0.15) is 0 Å². The van der Waals surface area contributed by atoms with Gasteiger partial charge in [-0.05, 0) is 61.8 Å². The van der Waals surface area contributed by atoms with E-state index in [0.717, 1.165) is 30.4 Å². The van der Waals surface area contributed by atoms with Gasteiger partial charge >= 0.3 is 0 Å². The first-order valence-electron chi connectivity index (χ1n) is 7.32. The van der Waals surface area contributed by atoms with Gasteiger partial charge in [-0.25, -0.2) is 13.1 Å².